The maximum atomic E-state index is 4.29. The van der Waals surface area contributed by atoms with Gasteiger partial charge in [-0.15, -0.1) is 0 Å². The zero-order chi connectivity index (χ0) is 14.4. The summed E-state index contributed by atoms with van der Waals surface area (Å²) in [6, 6.07) is 10.7. The van der Waals surface area contributed by atoms with Crippen molar-refractivity contribution in [1.82, 2.24) is 9.97 Å². The molecule has 2 rings (SSSR count). The Morgan fingerprint density at radius 1 is 1.15 bits per heavy atom. The third-order valence-electron chi connectivity index (χ3n) is 2.90. The van der Waals surface area contributed by atoms with Gasteiger partial charge in [-0.25, -0.2) is 9.97 Å². The van der Waals surface area contributed by atoms with Crippen molar-refractivity contribution < 1.29 is 0 Å². The number of hydrogen-bond acceptors (Lipinski definition) is 4. The summed E-state index contributed by atoms with van der Waals surface area (Å²) in [7, 11) is 0. The highest BCUT2D eigenvalue weighted by Crippen LogP contribution is 2.27. The summed E-state index contributed by atoms with van der Waals surface area (Å²) in [4.78, 5) is 8.50. The van der Waals surface area contributed by atoms with Gasteiger partial charge in [-0.1, -0.05) is 30.3 Å². The van der Waals surface area contributed by atoms with Crippen molar-refractivity contribution in [2.24, 2.45) is 0 Å². The Balaban J connectivity index is 2.04. The summed E-state index contributed by atoms with van der Waals surface area (Å²) >= 11 is 3.55. The van der Waals surface area contributed by atoms with Crippen LogP contribution < -0.4 is 10.6 Å². The summed E-state index contributed by atoms with van der Waals surface area (Å²) in [6.07, 6.45) is 2.52. The Morgan fingerprint density at radius 3 is 2.55 bits per heavy atom. The molecule has 0 fully saturated rings. The molecule has 1 aromatic heterocycles. The predicted octanol–water partition coefficient (Wildman–Crippen LogP) is 3.71. The first kappa shape index (κ1) is 14.8. The molecule has 2 aromatic rings. The lowest BCUT2D eigenvalue weighted by Gasteiger charge is -2.16. The fourth-order valence-corrected chi connectivity index (χ4v) is 2.47. The van der Waals surface area contributed by atoms with Gasteiger partial charge >= 0.3 is 0 Å². The lowest BCUT2D eigenvalue weighted by atomic mass is 10.1. The average Bonchev–Trinajstić information content (AvgIpc) is 2.44. The summed E-state index contributed by atoms with van der Waals surface area (Å²) < 4.78 is 0.877. The lowest BCUT2D eigenvalue weighted by Crippen LogP contribution is -2.19. The van der Waals surface area contributed by atoms with Gasteiger partial charge in [-0.05, 0) is 41.8 Å². The van der Waals surface area contributed by atoms with E-state index in [9.17, 15) is 0 Å². The quantitative estimate of drug-likeness (QED) is 0.845. The van der Waals surface area contributed by atoms with E-state index >= 15 is 0 Å². The molecular formula is C15H19BrN4. The number of rotatable bonds is 6. The smallest absolute Gasteiger partial charge is 0.146 e. The predicted molar refractivity (Wildman–Crippen MR) is 87.1 cm³/mol. The van der Waals surface area contributed by atoms with E-state index in [0.717, 1.165) is 29.1 Å². The molecule has 106 valence electrons. The third kappa shape index (κ3) is 3.93. The molecule has 2 N–H and O–H groups in total. The number of hydrogen-bond donors (Lipinski definition) is 2. The number of nitrogens with one attached hydrogen (secondary N) is 2. The van der Waals surface area contributed by atoms with Gasteiger partial charge in [-0.2, -0.15) is 0 Å². The summed E-state index contributed by atoms with van der Waals surface area (Å²) in [5.74, 6) is 1.64. The number of aromatic nitrogens is 2. The van der Waals surface area contributed by atoms with E-state index in [1.165, 1.54) is 5.56 Å². The van der Waals surface area contributed by atoms with Gasteiger partial charge in [0.15, 0.2) is 0 Å². The topological polar surface area (TPSA) is 49.8 Å². The maximum absolute atomic E-state index is 4.29. The summed E-state index contributed by atoms with van der Waals surface area (Å²) in [6.45, 7) is 5.02. The molecular weight excluding hydrogens is 316 g/mol. The molecule has 0 amide bonds. The van der Waals surface area contributed by atoms with Gasteiger partial charge in [0.05, 0.1) is 0 Å². The van der Waals surface area contributed by atoms with E-state index in [1.807, 2.05) is 13.0 Å². The zero-order valence-electron chi connectivity index (χ0n) is 11.7. The number of halogens is 1. The van der Waals surface area contributed by atoms with Crippen LogP contribution in [0.15, 0.2) is 41.1 Å². The van der Waals surface area contributed by atoms with Crippen LogP contribution in [-0.2, 0) is 6.42 Å². The van der Waals surface area contributed by atoms with Crippen molar-refractivity contribution in [2.45, 2.75) is 26.3 Å². The molecule has 0 saturated carbocycles. The molecule has 1 atom stereocenters. The monoisotopic (exact) mass is 334 g/mol. The van der Waals surface area contributed by atoms with E-state index < -0.39 is 0 Å². The van der Waals surface area contributed by atoms with Gasteiger partial charge < -0.3 is 10.6 Å². The first-order chi connectivity index (χ1) is 9.70. The van der Waals surface area contributed by atoms with Crippen LogP contribution >= 0.6 is 15.9 Å². The number of benzene rings is 1. The molecule has 0 bridgehead atoms. The van der Waals surface area contributed by atoms with Gasteiger partial charge in [0.25, 0.3) is 0 Å². The van der Waals surface area contributed by atoms with Crippen molar-refractivity contribution >= 4 is 27.6 Å². The lowest BCUT2D eigenvalue weighted by molar-refractivity contribution is 0.782. The Hall–Kier alpha value is -1.62. The highest BCUT2D eigenvalue weighted by molar-refractivity contribution is 9.10. The summed E-state index contributed by atoms with van der Waals surface area (Å²) in [5.41, 5.74) is 1.31. The highest BCUT2D eigenvalue weighted by atomic mass is 79.9. The van der Waals surface area contributed by atoms with Crippen molar-refractivity contribution in [3.8, 4) is 0 Å². The molecule has 0 spiro atoms. The normalized spacial score (nSPS) is 11.9. The molecule has 0 aliphatic carbocycles. The molecule has 0 aliphatic rings. The Morgan fingerprint density at radius 2 is 1.85 bits per heavy atom. The van der Waals surface area contributed by atoms with Crippen LogP contribution in [0.25, 0.3) is 0 Å². The Labute approximate surface area is 128 Å². The minimum atomic E-state index is 0.290. The van der Waals surface area contributed by atoms with Crippen LogP contribution in [0.2, 0.25) is 0 Å². The van der Waals surface area contributed by atoms with Crippen LogP contribution in [0.3, 0.4) is 0 Å². The van der Waals surface area contributed by atoms with Crippen LogP contribution in [0.4, 0.5) is 11.6 Å². The first-order valence-electron chi connectivity index (χ1n) is 6.75. The van der Waals surface area contributed by atoms with E-state index in [-0.39, 0.29) is 6.04 Å². The molecule has 1 heterocycles. The first-order valence-corrected chi connectivity index (χ1v) is 7.54. The maximum Gasteiger partial charge on any atom is 0.146 e. The van der Waals surface area contributed by atoms with E-state index in [2.05, 4.69) is 67.7 Å². The average molecular weight is 335 g/mol. The van der Waals surface area contributed by atoms with E-state index in [0.29, 0.717) is 0 Å². The minimum absolute atomic E-state index is 0.290. The second kappa shape index (κ2) is 7.24. The number of anilines is 2. The molecule has 1 unspecified atom stereocenters. The third-order valence-corrected chi connectivity index (χ3v) is 3.65. The van der Waals surface area contributed by atoms with Gasteiger partial charge in [-0.3, -0.25) is 0 Å². The fourth-order valence-electron chi connectivity index (χ4n) is 2.01. The van der Waals surface area contributed by atoms with Crippen molar-refractivity contribution in [3.05, 3.63) is 46.7 Å². The number of nitrogens with zero attached hydrogens (tertiary/aromatic N) is 2. The second-order valence-corrected chi connectivity index (χ2v) is 5.44. The molecule has 0 saturated heterocycles. The highest BCUT2D eigenvalue weighted by Gasteiger charge is 2.11. The molecule has 0 radical (unpaired) electrons. The van der Waals surface area contributed by atoms with Crippen molar-refractivity contribution in [2.75, 3.05) is 17.2 Å². The molecule has 1 aromatic carbocycles. The van der Waals surface area contributed by atoms with Crippen molar-refractivity contribution in [3.63, 3.8) is 0 Å². The van der Waals surface area contributed by atoms with Crippen LogP contribution in [-0.4, -0.2) is 22.6 Å². The van der Waals surface area contributed by atoms with Gasteiger partial charge in [0, 0.05) is 12.6 Å². The van der Waals surface area contributed by atoms with Crippen molar-refractivity contribution in [1.29, 1.82) is 0 Å². The molecule has 5 heteroatoms. The largest absolute Gasteiger partial charge is 0.369 e. The Bertz CT molecular complexity index is 545. The van der Waals surface area contributed by atoms with Crippen LogP contribution in [0.1, 0.15) is 19.4 Å². The van der Waals surface area contributed by atoms with E-state index in [4.69, 9.17) is 0 Å². The van der Waals surface area contributed by atoms with Gasteiger partial charge in [0.2, 0.25) is 0 Å². The Kier molecular flexibility index (Phi) is 5.35. The molecule has 20 heavy (non-hydrogen) atoms. The van der Waals surface area contributed by atoms with E-state index in [1.54, 1.807) is 6.33 Å². The molecule has 4 nitrogen and oxygen atoms in total. The fraction of sp³-hybridized carbons (Fsp3) is 0.333. The second-order valence-electron chi connectivity index (χ2n) is 4.65. The van der Waals surface area contributed by atoms with Crippen LogP contribution in [0.5, 0.6) is 0 Å². The standard InChI is InChI=1S/C15H19BrN4/c1-3-17-14-13(16)15(19-10-18-14)20-11(2)9-12-7-5-4-6-8-12/h4-8,10-11H,3,9H2,1-2H3,(H2,17,18,19,20). The van der Waals surface area contributed by atoms with Gasteiger partial charge in [0.1, 0.15) is 22.4 Å². The van der Waals surface area contributed by atoms with Crippen LogP contribution in [0, 0.1) is 0 Å². The zero-order valence-corrected chi connectivity index (χ0v) is 13.3. The minimum Gasteiger partial charge on any atom is -0.369 e. The molecule has 0 aliphatic heterocycles. The summed E-state index contributed by atoms with van der Waals surface area (Å²) in [5, 5.41) is 6.62. The SMILES string of the molecule is CCNc1ncnc(NC(C)Cc2ccccc2)c1Br.